The number of aromatic hydroxyl groups is 1. The third-order valence-electron chi connectivity index (χ3n) is 5.71. The second kappa shape index (κ2) is 8.53. The van der Waals surface area contributed by atoms with Gasteiger partial charge in [-0.2, -0.15) is 0 Å². The van der Waals surface area contributed by atoms with Crippen LogP contribution in [0.1, 0.15) is 40.2 Å². The van der Waals surface area contributed by atoms with Gasteiger partial charge in [0, 0.05) is 41.7 Å². The van der Waals surface area contributed by atoms with E-state index < -0.39 is 5.91 Å². The molecule has 1 aliphatic heterocycles. The SMILES string of the molecule is NC(=O)c1ccc2[nH]cc(CCCCN3CC=CC(c4cccc(O)c4)C3)c2c1. The minimum absolute atomic E-state index is 0.325. The van der Waals surface area contributed by atoms with Crippen molar-refractivity contribution in [1.82, 2.24) is 9.88 Å². The lowest BCUT2D eigenvalue weighted by molar-refractivity contribution is 0.100. The summed E-state index contributed by atoms with van der Waals surface area (Å²) in [4.78, 5) is 17.2. The van der Waals surface area contributed by atoms with Gasteiger partial charge in [-0.1, -0.05) is 24.3 Å². The summed E-state index contributed by atoms with van der Waals surface area (Å²) < 4.78 is 0. The predicted molar refractivity (Wildman–Crippen MR) is 116 cm³/mol. The fourth-order valence-corrected chi connectivity index (χ4v) is 4.13. The summed E-state index contributed by atoms with van der Waals surface area (Å²) in [7, 11) is 0. The summed E-state index contributed by atoms with van der Waals surface area (Å²) >= 11 is 0. The number of H-pyrrole nitrogens is 1. The van der Waals surface area contributed by atoms with Crippen molar-refractivity contribution in [2.45, 2.75) is 25.2 Å². The number of phenolic OH excluding ortho intramolecular Hbond substituents is 1. The van der Waals surface area contributed by atoms with Gasteiger partial charge < -0.3 is 15.8 Å². The number of aryl methyl sites for hydroxylation is 1. The van der Waals surface area contributed by atoms with Gasteiger partial charge in [-0.25, -0.2) is 0 Å². The fraction of sp³-hybridized carbons (Fsp3) is 0.292. The lowest BCUT2D eigenvalue weighted by Gasteiger charge is -2.29. The first-order valence-electron chi connectivity index (χ1n) is 10.2. The highest BCUT2D eigenvalue weighted by atomic mass is 16.3. The van der Waals surface area contributed by atoms with Crippen molar-refractivity contribution < 1.29 is 9.90 Å². The van der Waals surface area contributed by atoms with Gasteiger partial charge in [-0.3, -0.25) is 9.69 Å². The molecule has 5 nitrogen and oxygen atoms in total. The average Bonchev–Trinajstić information content (AvgIpc) is 3.13. The smallest absolute Gasteiger partial charge is 0.248 e. The topological polar surface area (TPSA) is 82.4 Å². The number of aromatic nitrogens is 1. The Morgan fingerprint density at radius 1 is 1.21 bits per heavy atom. The number of carbonyl (C=O) groups excluding carboxylic acids is 1. The molecule has 5 heteroatoms. The highest BCUT2D eigenvalue weighted by Crippen LogP contribution is 2.25. The van der Waals surface area contributed by atoms with Crippen LogP contribution < -0.4 is 5.73 Å². The molecule has 3 aromatic rings. The fourth-order valence-electron chi connectivity index (χ4n) is 4.13. The van der Waals surface area contributed by atoms with E-state index in [2.05, 4.69) is 28.1 Å². The molecule has 1 aromatic heterocycles. The van der Waals surface area contributed by atoms with Crippen LogP contribution in [0.15, 0.2) is 60.8 Å². The Morgan fingerprint density at radius 3 is 2.93 bits per heavy atom. The summed E-state index contributed by atoms with van der Waals surface area (Å²) in [6, 6.07) is 13.1. The monoisotopic (exact) mass is 389 g/mol. The maximum absolute atomic E-state index is 11.4. The number of phenols is 1. The molecule has 0 fully saturated rings. The molecular formula is C24H27N3O2. The first-order chi connectivity index (χ1) is 14.1. The largest absolute Gasteiger partial charge is 0.508 e. The zero-order valence-electron chi connectivity index (χ0n) is 16.5. The minimum Gasteiger partial charge on any atom is -0.508 e. The molecule has 0 aliphatic carbocycles. The average molecular weight is 389 g/mol. The van der Waals surface area contributed by atoms with E-state index in [4.69, 9.17) is 5.73 Å². The van der Waals surface area contributed by atoms with Gasteiger partial charge in [0.15, 0.2) is 0 Å². The number of benzene rings is 2. The van der Waals surface area contributed by atoms with Crippen LogP contribution in [0, 0.1) is 0 Å². The van der Waals surface area contributed by atoms with Crippen LogP contribution in [0.4, 0.5) is 0 Å². The van der Waals surface area contributed by atoms with Crippen molar-refractivity contribution >= 4 is 16.8 Å². The van der Waals surface area contributed by atoms with Gasteiger partial charge in [0.25, 0.3) is 0 Å². The lowest BCUT2D eigenvalue weighted by Crippen LogP contribution is -2.32. The van der Waals surface area contributed by atoms with E-state index >= 15 is 0 Å². The zero-order valence-corrected chi connectivity index (χ0v) is 16.5. The number of nitrogens with zero attached hydrogens (tertiary/aromatic N) is 1. The zero-order chi connectivity index (χ0) is 20.2. The van der Waals surface area contributed by atoms with E-state index in [1.54, 1.807) is 12.1 Å². The van der Waals surface area contributed by atoms with Crippen molar-refractivity contribution in [3.05, 3.63) is 77.5 Å². The van der Waals surface area contributed by atoms with E-state index in [1.165, 1.54) is 5.56 Å². The Morgan fingerprint density at radius 2 is 2.10 bits per heavy atom. The Balaban J connectivity index is 1.31. The Bertz CT molecular complexity index is 1040. The van der Waals surface area contributed by atoms with Crippen LogP contribution in [0.5, 0.6) is 5.75 Å². The van der Waals surface area contributed by atoms with Crippen LogP contribution >= 0.6 is 0 Å². The van der Waals surface area contributed by atoms with E-state index in [0.29, 0.717) is 17.2 Å². The number of hydrogen-bond acceptors (Lipinski definition) is 3. The molecular weight excluding hydrogens is 362 g/mol. The van der Waals surface area contributed by atoms with Crippen molar-refractivity contribution in [1.29, 1.82) is 0 Å². The summed E-state index contributed by atoms with van der Waals surface area (Å²) in [6.07, 6.45) is 9.68. The lowest BCUT2D eigenvalue weighted by atomic mass is 9.95. The molecule has 29 heavy (non-hydrogen) atoms. The number of aromatic amines is 1. The minimum atomic E-state index is -0.390. The first-order valence-corrected chi connectivity index (χ1v) is 10.2. The second-order valence-corrected chi connectivity index (χ2v) is 7.78. The van der Waals surface area contributed by atoms with Crippen LogP contribution in [0.25, 0.3) is 10.9 Å². The van der Waals surface area contributed by atoms with Gasteiger partial charge in [0.05, 0.1) is 0 Å². The van der Waals surface area contributed by atoms with Gasteiger partial charge in [0.2, 0.25) is 5.91 Å². The Hall–Kier alpha value is -3.05. The Kier molecular flexibility index (Phi) is 5.67. The van der Waals surface area contributed by atoms with Gasteiger partial charge in [0.1, 0.15) is 5.75 Å². The summed E-state index contributed by atoms with van der Waals surface area (Å²) in [5, 5.41) is 10.8. The molecule has 2 aromatic carbocycles. The van der Waals surface area contributed by atoms with Crippen LogP contribution in [0.3, 0.4) is 0 Å². The molecule has 1 amide bonds. The van der Waals surface area contributed by atoms with Crippen molar-refractivity contribution in [2.75, 3.05) is 19.6 Å². The molecule has 0 saturated heterocycles. The number of primary amides is 1. The molecule has 2 heterocycles. The van der Waals surface area contributed by atoms with Crippen molar-refractivity contribution in [3.8, 4) is 5.75 Å². The Labute approximate surface area is 170 Å². The summed E-state index contributed by atoms with van der Waals surface area (Å²) in [6.45, 7) is 3.01. The standard InChI is InChI=1S/C24H27N3O2/c25-24(29)18-9-10-23-22(14-18)19(15-26-23)5-1-2-11-27-12-4-7-20(16-27)17-6-3-8-21(28)13-17/h3-4,6-10,13-15,20,26,28H,1-2,5,11-12,16H2,(H2,25,29). The number of fused-ring (bicyclic) bond motifs is 1. The van der Waals surface area contributed by atoms with Gasteiger partial charge in [-0.05, 0) is 67.3 Å². The summed E-state index contributed by atoms with van der Waals surface area (Å²) in [5.74, 6) is 0.265. The number of carbonyl (C=O) groups is 1. The summed E-state index contributed by atoms with van der Waals surface area (Å²) in [5.41, 5.74) is 9.41. The van der Waals surface area contributed by atoms with Crippen LogP contribution in [-0.2, 0) is 6.42 Å². The van der Waals surface area contributed by atoms with Crippen LogP contribution in [-0.4, -0.2) is 40.5 Å². The quantitative estimate of drug-likeness (QED) is 0.423. The molecule has 4 N–H and O–H groups in total. The number of nitrogens with two attached hydrogens (primary N) is 1. The molecule has 150 valence electrons. The van der Waals surface area contributed by atoms with Crippen molar-refractivity contribution in [3.63, 3.8) is 0 Å². The number of unbranched alkanes of at least 4 members (excludes halogenated alkanes) is 1. The molecule has 0 bridgehead atoms. The highest BCUT2D eigenvalue weighted by Gasteiger charge is 2.17. The number of amides is 1. The molecule has 0 radical (unpaired) electrons. The number of rotatable bonds is 7. The molecule has 0 saturated carbocycles. The molecule has 1 atom stereocenters. The second-order valence-electron chi connectivity index (χ2n) is 7.78. The van der Waals surface area contributed by atoms with E-state index in [-0.39, 0.29) is 0 Å². The molecule has 1 unspecified atom stereocenters. The third kappa shape index (κ3) is 4.51. The number of hydrogen-bond donors (Lipinski definition) is 3. The molecule has 0 spiro atoms. The van der Waals surface area contributed by atoms with Crippen LogP contribution in [0.2, 0.25) is 0 Å². The van der Waals surface area contributed by atoms with Gasteiger partial charge in [-0.15, -0.1) is 0 Å². The first kappa shape index (κ1) is 19.3. The predicted octanol–water partition coefficient (Wildman–Crippen LogP) is 3.95. The van der Waals surface area contributed by atoms with E-state index in [0.717, 1.165) is 55.4 Å². The molecule has 4 rings (SSSR count). The number of nitrogens with one attached hydrogen (secondary N) is 1. The maximum atomic E-state index is 11.4. The maximum Gasteiger partial charge on any atom is 0.248 e. The third-order valence-corrected chi connectivity index (χ3v) is 5.71. The van der Waals surface area contributed by atoms with E-state index in [1.807, 2.05) is 30.5 Å². The van der Waals surface area contributed by atoms with Gasteiger partial charge >= 0.3 is 0 Å². The highest BCUT2D eigenvalue weighted by molar-refractivity contribution is 5.97. The van der Waals surface area contributed by atoms with Crippen molar-refractivity contribution in [2.24, 2.45) is 5.73 Å². The van der Waals surface area contributed by atoms with E-state index in [9.17, 15) is 9.90 Å². The molecule has 1 aliphatic rings. The normalized spacial score (nSPS) is 17.0.